The summed E-state index contributed by atoms with van der Waals surface area (Å²) in [5.74, 6) is 0. The maximum absolute atomic E-state index is 6.18. The summed E-state index contributed by atoms with van der Waals surface area (Å²) in [7, 11) is 1.77. The SMILES string of the molecule is CCNC1CCC(C)(C)CC1OCCC(C)(C)OC. The van der Waals surface area contributed by atoms with Crippen LogP contribution < -0.4 is 5.32 Å². The minimum atomic E-state index is -0.0855. The van der Waals surface area contributed by atoms with Crippen molar-refractivity contribution < 1.29 is 9.47 Å². The molecule has 0 amide bonds. The maximum atomic E-state index is 6.18. The first-order valence-electron chi connectivity index (χ1n) is 7.70. The molecule has 1 aliphatic rings. The second kappa shape index (κ2) is 7.05. The number of methoxy groups -OCH3 is 1. The van der Waals surface area contributed by atoms with E-state index in [-0.39, 0.29) is 5.60 Å². The normalized spacial score (nSPS) is 27.5. The molecule has 0 saturated heterocycles. The molecule has 1 aliphatic carbocycles. The second-order valence-electron chi connectivity index (χ2n) is 7.19. The summed E-state index contributed by atoms with van der Waals surface area (Å²) in [6.07, 6.45) is 4.95. The molecule has 0 bridgehead atoms. The predicted octanol–water partition coefficient (Wildman–Crippen LogP) is 3.37. The summed E-state index contributed by atoms with van der Waals surface area (Å²) in [5, 5.41) is 3.58. The fraction of sp³-hybridized carbons (Fsp3) is 1.00. The van der Waals surface area contributed by atoms with E-state index in [1.54, 1.807) is 7.11 Å². The summed E-state index contributed by atoms with van der Waals surface area (Å²) in [6, 6.07) is 0.517. The first kappa shape index (κ1) is 16.9. The summed E-state index contributed by atoms with van der Waals surface area (Å²) in [4.78, 5) is 0. The van der Waals surface area contributed by atoms with Gasteiger partial charge in [-0.05, 0) is 51.5 Å². The van der Waals surface area contributed by atoms with E-state index in [4.69, 9.17) is 9.47 Å². The third kappa shape index (κ3) is 5.80. The van der Waals surface area contributed by atoms with E-state index in [1.807, 2.05) is 0 Å². The molecule has 3 heteroatoms. The van der Waals surface area contributed by atoms with Crippen LogP contribution in [0.4, 0.5) is 0 Å². The first-order valence-corrected chi connectivity index (χ1v) is 7.70. The largest absolute Gasteiger partial charge is 0.379 e. The van der Waals surface area contributed by atoms with Gasteiger partial charge in [-0.25, -0.2) is 0 Å². The van der Waals surface area contributed by atoms with Crippen molar-refractivity contribution in [3.05, 3.63) is 0 Å². The van der Waals surface area contributed by atoms with Crippen LogP contribution in [0.1, 0.15) is 60.3 Å². The van der Waals surface area contributed by atoms with E-state index in [2.05, 4.69) is 39.9 Å². The molecule has 19 heavy (non-hydrogen) atoms. The Hall–Kier alpha value is -0.120. The Morgan fingerprint density at radius 2 is 2.00 bits per heavy atom. The van der Waals surface area contributed by atoms with Crippen LogP contribution in [0.25, 0.3) is 0 Å². The lowest BCUT2D eigenvalue weighted by atomic mass is 9.74. The van der Waals surface area contributed by atoms with E-state index in [0.29, 0.717) is 17.6 Å². The van der Waals surface area contributed by atoms with Crippen LogP contribution in [-0.4, -0.2) is 38.0 Å². The summed E-state index contributed by atoms with van der Waals surface area (Å²) < 4.78 is 11.6. The van der Waals surface area contributed by atoms with Gasteiger partial charge in [-0.2, -0.15) is 0 Å². The second-order valence-corrected chi connectivity index (χ2v) is 7.19. The highest BCUT2D eigenvalue weighted by atomic mass is 16.5. The minimum Gasteiger partial charge on any atom is -0.379 e. The predicted molar refractivity (Wildman–Crippen MR) is 80.5 cm³/mol. The fourth-order valence-electron chi connectivity index (χ4n) is 2.75. The Morgan fingerprint density at radius 1 is 1.32 bits per heavy atom. The molecule has 0 aromatic carbocycles. The third-order valence-electron chi connectivity index (χ3n) is 4.39. The Morgan fingerprint density at radius 3 is 2.58 bits per heavy atom. The van der Waals surface area contributed by atoms with Gasteiger partial charge in [0.2, 0.25) is 0 Å². The lowest BCUT2D eigenvalue weighted by molar-refractivity contribution is -0.0587. The molecule has 0 radical (unpaired) electrons. The Balaban J connectivity index is 2.46. The molecule has 2 unspecified atom stereocenters. The molecule has 1 rings (SSSR count). The quantitative estimate of drug-likeness (QED) is 0.770. The van der Waals surface area contributed by atoms with Gasteiger partial charge in [0, 0.05) is 19.8 Å². The first-order chi connectivity index (χ1) is 8.79. The van der Waals surface area contributed by atoms with Crippen molar-refractivity contribution in [2.24, 2.45) is 5.41 Å². The van der Waals surface area contributed by atoms with Gasteiger partial charge in [-0.3, -0.25) is 0 Å². The van der Waals surface area contributed by atoms with Gasteiger partial charge in [0.05, 0.1) is 11.7 Å². The van der Waals surface area contributed by atoms with Crippen molar-refractivity contribution in [2.75, 3.05) is 20.3 Å². The van der Waals surface area contributed by atoms with Crippen molar-refractivity contribution >= 4 is 0 Å². The molecule has 0 aliphatic heterocycles. The lowest BCUT2D eigenvalue weighted by Crippen LogP contribution is -2.48. The number of likely N-dealkylation sites (N-methyl/N-ethyl adjacent to an activating group) is 1. The van der Waals surface area contributed by atoms with Crippen LogP contribution in [0, 0.1) is 5.41 Å². The zero-order valence-electron chi connectivity index (χ0n) is 13.7. The molecular formula is C16H33NO2. The van der Waals surface area contributed by atoms with Gasteiger partial charge in [-0.15, -0.1) is 0 Å². The highest BCUT2D eigenvalue weighted by Gasteiger charge is 2.35. The van der Waals surface area contributed by atoms with E-state index in [1.165, 1.54) is 12.8 Å². The van der Waals surface area contributed by atoms with Crippen LogP contribution in [0.3, 0.4) is 0 Å². The van der Waals surface area contributed by atoms with Crippen molar-refractivity contribution in [1.82, 2.24) is 5.32 Å². The Kier molecular flexibility index (Phi) is 6.28. The number of hydrogen-bond acceptors (Lipinski definition) is 3. The van der Waals surface area contributed by atoms with Crippen LogP contribution >= 0.6 is 0 Å². The van der Waals surface area contributed by atoms with Crippen molar-refractivity contribution in [3.63, 3.8) is 0 Å². The van der Waals surface area contributed by atoms with E-state index >= 15 is 0 Å². The van der Waals surface area contributed by atoms with Crippen LogP contribution in [0.15, 0.2) is 0 Å². The fourth-order valence-corrected chi connectivity index (χ4v) is 2.75. The van der Waals surface area contributed by atoms with Gasteiger partial charge in [0.25, 0.3) is 0 Å². The monoisotopic (exact) mass is 271 g/mol. The van der Waals surface area contributed by atoms with E-state index < -0.39 is 0 Å². The zero-order valence-corrected chi connectivity index (χ0v) is 13.7. The highest BCUT2D eigenvalue weighted by Crippen LogP contribution is 2.36. The topological polar surface area (TPSA) is 30.5 Å². The minimum absolute atomic E-state index is 0.0855. The van der Waals surface area contributed by atoms with Crippen LogP contribution in [0.2, 0.25) is 0 Å². The Bertz CT molecular complexity index is 263. The summed E-state index contributed by atoms with van der Waals surface area (Å²) in [5.41, 5.74) is 0.325. The van der Waals surface area contributed by atoms with Gasteiger partial charge < -0.3 is 14.8 Å². The van der Waals surface area contributed by atoms with Gasteiger partial charge >= 0.3 is 0 Å². The number of rotatable bonds is 7. The molecule has 0 heterocycles. The molecule has 114 valence electrons. The average Bonchev–Trinajstić information content (AvgIpc) is 2.32. The van der Waals surface area contributed by atoms with Crippen molar-refractivity contribution in [1.29, 1.82) is 0 Å². The number of nitrogens with one attached hydrogen (secondary N) is 1. The summed E-state index contributed by atoms with van der Waals surface area (Å²) >= 11 is 0. The molecule has 3 nitrogen and oxygen atoms in total. The average molecular weight is 271 g/mol. The standard InChI is InChI=1S/C16H33NO2/c1-7-17-13-8-9-15(2,3)12-14(13)19-11-10-16(4,5)18-6/h13-14,17H,7-12H2,1-6H3. The van der Waals surface area contributed by atoms with Crippen LogP contribution in [-0.2, 0) is 9.47 Å². The molecule has 0 aromatic rings. The van der Waals surface area contributed by atoms with Crippen LogP contribution in [0.5, 0.6) is 0 Å². The van der Waals surface area contributed by atoms with Crippen molar-refractivity contribution in [3.8, 4) is 0 Å². The molecular weight excluding hydrogens is 238 g/mol. The number of ether oxygens (including phenoxy) is 2. The molecule has 1 fully saturated rings. The molecule has 1 N–H and O–H groups in total. The Labute approximate surface area is 119 Å². The third-order valence-corrected chi connectivity index (χ3v) is 4.39. The smallest absolute Gasteiger partial charge is 0.0733 e. The zero-order chi connectivity index (χ0) is 14.5. The molecule has 2 atom stereocenters. The van der Waals surface area contributed by atoms with E-state index in [9.17, 15) is 0 Å². The van der Waals surface area contributed by atoms with E-state index in [0.717, 1.165) is 26.0 Å². The maximum Gasteiger partial charge on any atom is 0.0733 e. The molecule has 0 aromatic heterocycles. The number of hydrogen-bond donors (Lipinski definition) is 1. The summed E-state index contributed by atoms with van der Waals surface area (Å²) in [6.45, 7) is 12.9. The van der Waals surface area contributed by atoms with Gasteiger partial charge in [0.15, 0.2) is 0 Å². The van der Waals surface area contributed by atoms with Gasteiger partial charge in [-0.1, -0.05) is 20.8 Å². The highest BCUT2D eigenvalue weighted by molar-refractivity contribution is 4.89. The lowest BCUT2D eigenvalue weighted by Gasteiger charge is -2.41. The molecule has 1 saturated carbocycles. The van der Waals surface area contributed by atoms with Gasteiger partial charge in [0.1, 0.15) is 0 Å². The van der Waals surface area contributed by atoms with Crippen molar-refractivity contribution in [2.45, 2.75) is 78.0 Å². The molecule has 0 spiro atoms.